The lowest BCUT2D eigenvalue weighted by molar-refractivity contribution is -0.139. The van der Waals surface area contributed by atoms with Crippen LogP contribution in [0.1, 0.15) is 17.8 Å². The van der Waals surface area contributed by atoms with Crippen molar-refractivity contribution in [3.63, 3.8) is 0 Å². The summed E-state index contributed by atoms with van der Waals surface area (Å²) in [4.78, 5) is 20.4. The van der Waals surface area contributed by atoms with E-state index in [2.05, 4.69) is 0 Å². The monoisotopic (exact) mass is 333 g/mol. The number of carbonyl (C=O) groups is 1. The summed E-state index contributed by atoms with van der Waals surface area (Å²) in [5.74, 6) is -2.39. The Hall–Kier alpha value is -1.60. The number of carboxylic acids is 1. The van der Waals surface area contributed by atoms with Crippen LogP contribution >= 0.6 is 7.37 Å². The van der Waals surface area contributed by atoms with Crippen LogP contribution in [-0.4, -0.2) is 47.5 Å². The van der Waals surface area contributed by atoms with Gasteiger partial charge in [-0.1, -0.05) is 6.07 Å². The van der Waals surface area contributed by atoms with E-state index in [1.54, 1.807) is 0 Å². The average Bonchev–Trinajstić information content (AvgIpc) is 2.49. The van der Waals surface area contributed by atoms with Gasteiger partial charge in [0.1, 0.15) is 0 Å². The molecule has 0 aliphatic rings. The molecule has 0 amide bonds. The number of rotatable bonds is 9. The number of nitrogens with two attached hydrogens (primary N) is 1. The van der Waals surface area contributed by atoms with Crippen LogP contribution in [0, 0.1) is 0 Å². The molecule has 1 rings (SSSR count). The second-order valence-electron chi connectivity index (χ2n) is 4.59. The summed E-state index contributed by atoms with van der Waals surface area (Å²) in [5, 5.41) is 18.6. The number of hydrogen-bond acceptors (Lipinski definition) is 6. The molecule has 2 atom stereocenters. The van der Waals surface area contributed by atoms with Crippen molar-refractivity contribution in [1.29, 1.82) is 0 Å². The molecule has 9 heteroatoms. The molecule has 0 aliphatic carbocycles. The van der Waals surface area contributed by atoms with Gasteiger partial charge in [0.05, 0.1) is 7.11 Å². The maximum atomic E-state index is 12.1. The summed E-state index contributed by atoms with van der Waals surface area (Å²) in [5.41, 5.74) is 5.48. The number of carboxylic acid groups (broad SMARTS) is 1. The molecule has 5 N–H and O–H groups in total. The molecule has 0 bridgehead atoms. The minimum atomic E-state index is -3.81. The normalized spacial score (nSPS) is 14.9. The molecule has 8 nitrogen and oxygen atoms in total. The van der Waals surface area contributed by atoms with E-state index >= 15 is 0 Å². The molecular weight excluding hydrogens is 313 g/mol. The van der Waals surface area contributed by atoms with E-state index < -0.39 is 25.8 Å². The molecule has 0 aliphatic heterocycles. The lowest BCUT2D eigenvalue weighted by atomic mass is 10.2. The Labute approximate surface area is 127 Å². The van der Waals surface area contributed by atoms with Gasteiger partial charge in [-0.25, -0.2) is 4.79 Å². The van der Waals surface area contributed by atoms with Crippen molar-refractivity contribution >= 4 is 13.3 Å². The van der Waals surface area contributed by atoms with Crippen molar-refractivity contribution in [3.8, 4) is 11.5 Å². The van der Waals surface area contributed by atoms with Crippen molar-refractivity contribution in [3.05, 3.63) is 23.8 Å². The minimum absolute atomic E-state index is 0.0930. The molecule has 124 valence electrons. The molecule has 2 unspecified atom stereocenters. The van der Waals surface area contributed by atoms with Crippen LogP contribution in [-0.2, 0) is 9.36 Å². The van der Waals surface area contributed by atoms with E-state index in [1.165, 1.54) is 25.3 Å². The molecule has 0 radical (unpaired) electrons. The third-order valence-electron chi connectivity index (χ3n) is 2.90. The van der Waals surface area contributed by atoms with E-state index in [1.807, 2.05) is 0 Å². The topological polar surface area (TPSA) is 139 Å². The maximum Gasteiger partial charge on any atom is 0.341 e. The third kappa shape index (κ3) is 4.99. The Morgan fingerprint density at radius 2 is 2.09 bits per heavy atom. The fraction of sp³-hybridized carbons (Fsp3) is 0.462. The van der Waals surface area contributed by atoms with Crippen LogP contribution in [0.5, 0.6) is 11.5 Å². The highest BCUT2D eigenvalue weighted by atomic mass is 31.2. The molecule has 0 aromatic heterocycles. The Morgan fingerprint density at radius 1 is 1.41 bits per heavy atom. The van der Waals surface area contributed by atoms with Crippen molar-refractivity contribution in [2.75, 3.05) is 26.4 Å². The van der Waals surface area contributed by atoms with Crippen molar-refractivity contribution in [2.45, 2.75) is 12.3 Å². The highest BCUT2D eigenvalue weighted by Gasteiger charge is 2.30. The van der Waals surface area contributed by atoms with E-state index in [-0.39, 0.29) is 29.8 Å². The van der Waals surface area contributed by atoms with Gasteiger partial charge in [-0.3, -0.25) is 4.57 Å². The zero-order valence-corrected chi connectivity index (χ0v) is 13.0. The van der Waals surface area contributed by atoms with Crippen LogP contribution < -0.4 is 15.2 Å². The summed E-state index contributed by atoms with van der Waals surface area (Å²) >= 11 is 0. The quantitative estimate of drug-likeness (QED) is 0.486. The lowest BCUT2D eigenvalue weighted by Crippen LogP contribution is -2.10. The lowest BCUT2D eigenvalue weighted by Gasteiger charge is -2.19. The largest absolute Gasteiger partial charge is 0.493 e. The molecule has 0 heterocycles. The van der Waals surface area contributed by atoms with Crippen molar-refractivity contribution < 1.29 is 33.9 Å². The van der Waals surface area contributed by atoms with Crippen molar-refractivity contribution in [2.24, 2.45) is 5.73 Å². The molecule has 1 aromatic rings. The second-order valence-corrected chi connectivity index (χ2v) is 7.04. The number of aliphatic hydroxyl groups is 1. The Balaban J connectivity index is 2.96. The SMILES string of the molecule is COc1cc(C(O)P(=O)(O)CCCN)ccc1OCC(=O)O. The van der Waals surface area contributed by atoms with Crippen LogP contribution in [0.4, 0.5) is 0 Å². The average molecular weight is 333 g/mol. The van der Waals surface area contributed by atoms with E-state index in [0.29, 0.717) is 6.42 Å². The smallest absolute Gasteiger partial charge is 0.341 e. The summed E-state index contributed by atoms with van der Waals surface area (Å²) in [6.07, 6.45) is 0.228. The van der Waals surface area contributed by atoms with Gasteiger partial charge < -0.3 is 30.3 Å². The predicted octanol–water partition coefficient (Wildman–Crippen LogP) is 0.769. The highest BCUT2D eigenvalue weighted by molar-refractivity contribution is 7.58. The van der Waals surface area contributed by atoms with Gasteiger partial charge in [-0.05, 0) is 30.7 Å². The van der Waals surface area contributed by atoms with Gasteiger partial charge in [-0.2, -0.15) is 0 Å². The molecule has 0 fully saturated rings. The molecule has 22 heavy (non-hydrogen) atoms. The number of aliphatic hydroxyl groups excluding tert-OH is 1. The molecule has 0 spiro atoms. The predicted molar refractivity (Wildman–Crippen MR) is 79.4 cm³/mol. The van der Waals surface area contributed by atoms with Crippen molar-refractivity contribution in [1.82, 2.24) is 0 Å². The zero-order valence-electron chi connectivity index (χ0n) is 12.1. The summed E-state index contributed by atoms with van der Waals surface area (Å²) < 4.78 is 22.1. The summed E-state index contributed by atoms with van der Waals surface area (Å²) in [7, 11) is -2.47. The zero-order chi connectivity index (χ0) is 16.8. The first-order chi connectivity index (χ1) is 10.3. The first-order valence-corrected chi connectivity index (χ1v) is 8.45. The maximum absolute atomic E-state index is 12.1. The second kappa shape index (κ2) is 8.14. The Morgan fingerprint density at radius 3 is 2.64 bits per heavy atom. The molecule has 0 saturated carbocycles. The van der Waals surface area contributed by atoms with E-state index in [9.17, 15) is 19.4 Å². The Bertz CT molecular complexity index is 563. The van der Waals surface area contributed by atoms with Gasteiger partial charge >= 0.3 is 5.97 Å². The van der Waals surface area contributed by atoms with Gasteiger partial charge in [-0.15, -0.1) is 0 Å². The highest BCUT2D eigenvalue weighted by Crippen LogP contribution is 2.54. The first-order valence-electron chi connectivity index (χ1n) is 6.54. The Kier molecular flexibility index (Phi) is 6.83. The van der Waals surface area contributed by atoms with Crippen LogP contribution in [0.25, 0.3) is 0 Å². The number of benzene rings is 1. The summed E-state index contributed by atoms with van der Waals surface area (Å²) in [6.45, 7) is -0.296. The minimum Gasteiger partial charge on any atom is -0.493 e. The number of hydrogen-bond donors (Lipinski definition) is 4. The van der Waals surface area contributed by atoms with Crippen LogP contribution in [0.2, 0.25) is 0 Å². The first kappa shape index (κ1) is 18.4. The van der Waals surface area contributed by atoms with E-state index in [4.69, 9.17) is 20.3 Å². The molecule has 1 aromatic carbocycles. The van der Waals surface area contributed by atoms with Gasteiger partial charge in [0.2, 0.25) is 7.37 Å². The van der Waals surface area contributed by atoms with E-state index in [0.717, 1.165) is 0 Å². The number of aliphatic carboxylic acids is 1. The van der Waals surface area contributed by atoms with Gasteiger partial charge in [0.15, 0.2) is 24.0 Å². The molecule has 0 saturated heterocycles. The third-order valence-corrected chi connectivity index (χ3v) is 4.92. The number of ether oxygens (including phenoxy) is 2. The summed E-state index contributed by atoms with van der Waals surface area (Å²) in [6, 6.07) is 4.10. The fourth-order valence-corrected chi connectivity index (χ4v) is 3.28. The number of methoxy groups -OCH3 is 1. The van der Waals surface area contributed by atoms with Crippen LogP contribution in [0.15, 0.2) is 18.2 Å². The fourth-order valence-electron chi connectivity index (χ4n) is 1.78. The van der Waals surface area contributed by atoms with Gasteiger partial charge in [0.25, 0.3) is 0 Å². The molecular formula is C13H20NO7P. The van der Waals surface area contributed by atoms with Gasteiger partial charge in [0, 0.05) is 6.16 Å². The standard InChI is InChI=1S/C13H20NO7P/c1-20-11-7-9(3-4-10(11)21-8-12(15)16)13(17)22(18,19)6-2-5-14/h3-4,7,13,17H,2,5-6,8,14H2,1H3,(H,15,16)(H,18,19). The van der Waals surface area contributed by atoms with Crippen LogP contribution in [0.3, 0.4) is 0 Å².